The number of ether oxygens (including phenoxy) is 1. The van der Waals surface area contributed by atoms with Crippen molar-refractivity contribution in [3.05, 3.63) is 60.2 Å². The van der Waals surface area contributed by atoms with Gasteiger partial charge in [0.05, 0.1) is 25.3 Å². The molecule has 4 N–H and O–H groups in total. The molecule has 0 aliphatic carbocycles. The van der Waals surface area contributed by atoms with Gasteiger partial charge in [0.25, 0.3) is 5.91 Å². The smallest absolute Gasteiger partial charge is 0.251 e. The van der Waals surface area contributed by atoms with Crippen molar-refractivity contribution in [2.75, 3.05) is 31.6 Å². The Morgan fingerprint density at radius 3 is 2.70 bits per heavy atom. The van der Waals surface area contributed by atoms with Crippen LogP contribution in [0.25, 0.3) is 21.7 Å². The maximum atomic E-state index is 12.1. The number of rotatable bonds is 7. The molecule has 0 radical (unpaired) electrons. The lowest BCUT2D eigenvalue weighted by molar-refractivity contribution is 0.0331. The molecule has 3 aromatic heterocycles. The average Bonchev–Trinajstić information content (AvgIpc) is 3.51. The van der Waals surface area contributed by atoms with Crippen LogP contribution in [0, 0.1) is 0 Å². The Morgan fingerprint density at radius 2 is 1.97 bits per heavy atom. The highest BCUT2D eigenvalue weighted by atomic mass is 32.1. The number of morpholine rings is 1. The number of anilines is 2. The third-order valence-electron chi connectivity index (χ3n) is 5.30. The van der Waals surface area contributed by atoms with E-state index in [1.54, 1.807) is 24.5 Å². The maximum Gasteiger partial charge on any atom is 0.251 e. The number of nitrogens with two attached hydrogens (primary N) is 1. The molecule has 0 atom stereocenters. The second-order valence-corrected chi connectivity index (χ2v) is 8.58. The van der Waals surface area contributed by atoms with Gasteiger partial charge in [0.1, 0.15) is 22.3 Å². The molecule has 10 nitrogen and oxygen atoms in total. The first-order valence-electron chi connectivity index (χ1n) is 10.5. The average molecular weight is 463 g/mol. The third kappa shape index (κ3) is 4.90. The van der Waals surface area contributed by atoms with Crippen molar-refractivity contribution in [2.45, 2.75) is 6.54 Å². The number of nitrogens with zero attached hydrogens (tertiary/aromatic N) is 5. The summed E-state index contributed by atoms with van der Waals surface area (Å²) in [6.07, 6.45) is 3.45. The second kappa shape index (κ2) is 9.45. The van der Waals surface area contributed by atoms with Crippen LogP contribution in [0.4, 0.5) is 10.8 Å². The van der Waals surface area contributed by atoms with Crippen LogP contribution >= 0.6 is 11.3 Å². The number of amides is 1. The summed E-state index contributed by atoms with van der Waals surface area (Å²) >= 11 is 1.45. The van der Waals surface area contributed by atoms with E-state index in [1.807, 2.05) is 24.3 Å². The molecule has 0 spiro atoms. The van der Waals surface area contributed by atoms with Crippen LogP contribution in [0.3, 0.4) is 0 Å². The van der Waals surface area contributed by atoms with Gasteiger partial charge in [-0.25, -0.2) is 9.97 Å². The van der Waals surface area contributed by atoms with Gasteiger partial charge in [0.15, 0.2) is 0 Å². The highest BCUT2D eigenvalue weighted by molar-refractivity contribution is 7.19. The Hall–Kier alpha value is -3.67. The summed E-state index contributed by atoms with van der Waals surface area (Å²) in [5.74, 6) is 0.829. The standard InChI is InChI=1S/C22H22N8O2S/c23-21(31)16-11-18(15-3-1-14(2-4-15)17-12-25-29-28-17)33-22(16)27-19-5-6-24-20(26-19)13-30-7-9-32-10-8-30/h1-6,11-12H,7-10,13H2,(H2,23,31)(H,24,26,27)(H,25,28,29). The molecule has 0 saturated carbocycles. The number of thiophene rings is 1. The first kappa shape index (κ1) is 21.2. The number of aromatic amines is 1. The van der Waals surface area contributed by atoms with E-state index in [0.717, 1.165) is 48.0 Å². The number of carbonyl (C=O) groups is 1. The summed E-state index contributed by atoms with van der Waals surface area (Å²) in [6, 6.07) is 11.5. The topological polar surface area (TPSA) is 135 Å². The lowest BCUT2D eigenvalue weighted by Crippen LogP contribution is -2.36. The fraction of sp³-hybridized carbons (Fsp3) is 0.227. The number of carbonyl (C=O) groups excluding carboxylic acids is 1. The zero-order valence-corrected chi connectivity index (χ0v) is 18.5. The Kier molecular flexibility index (Phi) is 6.07. The van der Waals surface area contributed by atoms with Crippen LogP contribution in [0.5, 0.6) is 0 Å². The van der Waals surface area contributed by atoms with E-state index in [0.29, 0.717) is 28.8 Å². The van der Waals surface area contributed by atoms with Gasteiger partial charge in [-0.3, -0.25) is 14.8 Å². The normalized spacial score (nSPS) is 14.3. The van der Waals surface area contributed by atoms with Crippen molar-refractivity contribution < 1.29 is 9.53 Å². The van der Waals surface area contributed by atoms with Gasteiger partial charge in [0.2, 0.25) is 0 Å². The van der Waals surface area contributed by atoms with Crippen LogP contribution in [-0.4, -0.2) is 62.5 Å². The molecule has 1 saturated heterocycles. The van der Waals surface area contributed by atoms with Crippen LogP contribution in [0.15, 0.2) is 48.8 Å². The van der Waals surface area contributed by atoms with E-state index < -0.39 is 5.91 Å². The Morgan fingerprint density at radius 1 is 1.18 bits per heavy atom. The van der Waals surface area contributed by atoms with Gasteiger partial charge in [-0.15, -0.1) is 16.4 Å². The molecule has 1 aromatic carbocycles. The van der Waals surface area contributed by atoms with Gasteiger partial charge in [0, 0.05) is 35.9 Å². The maximum absolute atomic E-state index is 12.1. The molecule has 5 rings (SSSR count). The van der Waals surface area contributed by atoms with E-state index in [9.17, 15) is 4.79 Å². The number of hydrogen-bond donors (Lipinski definition) is 3. The quantitative estimate of drug-likeness (QED) is 0.381. The minimum atomic E-state index is -0.498. The molecule has 4 heterocycles. The third-order valence-corrected chi connectivity index (χ3v) is 6.39. The lowest BCUT2D eigenvalue weighted by Gasteiger charge is -2.25. The minimum absolute atomic E-state index is 0.420. The number of hydrogen-bond acceptors (Lipinski definition) is 9. The summed E-state index contributed by atoms with van der Waals surface area (Å²) in [5, 5.41) is 14.4. The van der Waals surface area contributed by atoms with Crippen molar-refractivity contribution in [1.82, 2.24) is 30.3 Å². The molecule has 11 heteroatoms. The van der Waals surface area contributed by atoms with Gasteiger partial charge < -0.3 is 15.8 Å². The van der Waals surface area contributed by atoms with E-state index >= 15 is 0 Å². The monoisotopic (exact) mass is 462 g/mol. The number of benzene rings is 1. The van der Waals surface area contributed by atoms with Gasteiger partial charge >= 0.3 is 0 Å². The van der Waals surface area contributed by atoms with Crippen LogP contribution < -0.4 is 11.1 Å². The number of primary amides is 1. The van der Waals surface area contributed by atoms with Crippen molar-refractivity contribution >= 4 is 28.1 Å². The molecule has 4 aromatic rings. The van der Waals surface area contributed by atoms with Gasteiger partial charge in [-0.2, -0.15) is 0 Å². The van der Waals surface area contributed by atoms with E-state index in [1.165, 1.54) is 11.3 Å². The molecule has 33 heavy (non-hydrogen) atoms. The van der Waals surface area contributed by atoms with Crippen molar-refractivity contribution in [3.8, 4) is 21.7 Å². The Labute approximate surface area is 193 Å². The second-order valence-electron chi connectivity index (χ2n) is 7.53. The Bertz CT molecular complexity index is 1230. The van der Waals surface area contributed by atoms with Crippen molar-refractivity contribution in [2.24, 2.45) is 5.73 Å². The molecule has 1 fully saturated rings. The minimum Gasteiger partial charge on any atom is -0.379 e. The number of aromatic nitrogens is 5. The Balaban J connectivity index is 1.36. The van der Waals surface area contributed by atoms with Crippen molar-refractivity contribution in [1.29, 1.82) is 0 Å². The van der Waals surface area contributed by atoms with Crippen LogP contribution in [0.2, 0.25) is 0 Å². The molecule has 1 aliphatic rings. The summed E-state index contributed by atoms with van der Waals surface area (Å²) < 4.78 is 5.40. The summed E-state index contributed by atoms with van der Waals surface area (Å²) in [6.45, 7) is 3.80. The predicted octanol–water partition coefficient (Wildman–Crippen LogP) is 2.66. The number of nitrogens with one attached hydrogen (secondary N) is 2. The predicted molar refractivity (Wildman–Crippen MR) is 125 cm³/mol. The molecule has 0 bridgehead atoms. The van der Waals surface area contributed by atoms with Crippen LogP contribution in [-0.2, 0) is 11.3 Å². The SMILES string of the molecule is NC(=O)c1cc(-c2ccc(-c3c[nH]nn3)cc2)sc1Nc1ccnc(CN2CCOCC2)n1. The largest absolute Gasteiger partial charge is 0.379 e. The van der Waals surface area contributed by atoms with Gasteiger partial charge in [-0.1, -0.05) is 29.5 Å². The molecule has 1 aliphatic heterocycles. The highest BCUT2D eigenvalue weighted by Crippen LogP contribution is 2.37. The zero-order chi connectivity index (χ0) is 22.6. The van der Waals surface area contributed by atoms with Crippen molar-refractivity contribution in [3.63, 3.8) is 0 Å². The van der Waals surface area contributed by atoms with Gasteiger partial charge in [-0.05, 0) is 17.7 Å². The summed E-state index contributed by atoms with van der Waals surface area (Å²) in [5.41, 5.74) is 8.77. The first-order valence-corrected chi connectivity index (χ1v) is 11.3. The molecule has 0 unspecified atom stereocenters. The summed E-state index contributed by atoms with van der Waals surface area (Å²) in [7, 11) is 0. The van der Waals surface area contributed by atoms with E-state index in [2.05, 4.69) is 35.6 Å². The molecular weight excluding hydrogens is 440 g/mol. The molecular formula is C22H22N8O2S. The molecule has 1 amide bonds. The lowest BCUT2D eigenvalue weighted by atomic mass is 10.1. The zero-order valence-electron chi connectivity index (χ0n) is 17.7. The molecule has 168 valence electrons. The first-order chi connectivity index (χ1) is 16.2. The van der Waals surface area contributed by atoms with Crippen LogP contribution in [0.1, 0.15) is 16.2 Å². The summed E-state index contributed by atoms with van der Waals surface area (Å²) in [4.78, 5) is 24.3. The van der Waals surface area contributed by atoms with E-state index in [-0.39, 0.29) is 0 Å². The fourth-order valence-electron chi connectivity index (χ4n) is 3.58. The number of H-pyrrole nitrogens is 1. The fourth-order valence-corrected chi connectivity index (χ4v) is 4.65. The van der Waals surface area contributed by atoms with E-state index in [4.69, 9.17) is 10.5 Å². The highest BCUT2D eigenvalue weighted by Gasteiger charge is 2.17.